The van der Waals surface area contributed by atoms with Gasteiger partial charge in [0.1, 0.15) is 0 Å². The molecule has 0 fully saturated rings. The van der Waals surface area contributed by atoms with Crippen LogP contribution in [0.1, 0.15) is 21.5 Å². The van der Waals surface area contributed by atoms with Crippen molar-refractivity contribution in [3.05, 3.63) is 53.3 Å². The molecule has 0 aliphatic rings. The van der Waals surface area contributed by atoms with E-state index in [1.54, 1.807) is 6.20 Å². The lowest BCUT2D eigenvalue weighted by Crippen LogP contribution is -2.15. The van der Waals surface area contributed by atoms with Crippen molar-refractivity contribution in [3.8, 4) is 0 Å². The molecule has 98 valence electrons. The van der Waals surface area contributed by atoms with Crippen LogP contribution in [0, 0.1) is 13.8 Å². The Labute approximate surface area is 112 Å². The van der Waals surface area contributed by atoms with Crippen LogP contribution in [-0.2, 0) is 0 Å². The predicted octanol–water partition coefficient (Wildman–Crippen LogP) is 3.16. The number of aromatic carboxylic acids is 1. The van der Waals surface area contributed by atoms with Gasteiger partial charge in [-0.05, 0) is 31.5 Å². The van der Waals surface area contributed by atoms with Crippen LogP contribution in [0.2, 0.25) is 0 Å². The standard InChI is InChI=1S/C15H16N2O2/c1-10-4-5-13(11(2)8-10)17(3)14-9-16-7-6-12(14)15(18)19/h4-9H,1-3H3,(H,18,19). The number of carbonyl (C=O) groups is 1. The lowest BCUT2D eigenvalue weighted by atomic mass is 10.1. The second-order valence-corrected chi connectivity index (χ2v) is 4.55. The molecule has 1 aromatic carbocycles. The zero-order valence-electron chi connectivity index (χ0n) is 11.2. The molecule has 1 heterocycles. The summed E-state index contributed by atoms with van der Waals surface area (Å²) in [5.41, 5.74) is 4.09. The maximum Gasteiger partial charge on any atom is 0.337 e. The van der Waals surface area contributed by atoms with Crippen LogP contribution >= 0.6 is 0 Å². The Bertz CT molecular complexity index is 623. The maximum atomic E-state index is 11.2. The summed E-state index contributed by atoms with van der Waals surface area (Å²) >= 11 is 0. The summed E-state index contributed by atoms with van der Waals surface area (Å²) in [5, 5.41) is 9.22. The summed E-state index contributed by atoms with van der Waals surface area (Å²) < 4.78 is 0. The van der Waals surface area contributed by atoms with Gasteiger partial charge in [-0.25, -0.2) is 4.79 Å². The molecule has 0 amide bonds. The average molecular weight is 256 g/mol. The lowest BCUT2D eigenvalue weighted by molar-refractivity contribution is 0.0697. The number of rotatable bonds is 3. The zero-order chi connectivity index (χ0) is 14.0. The molecule has 0 aliphatic heterocycles. The normalized spacial score (nSPS) is 10.3. The number of hydrogen-bond donors (Lipinski definition) is 1. The Hall–Kier alpha value is -2.36. The molecule has 0 saturated heterocycles. The van der Waals surface area contributed by atoms with E-state index in [1.165, 1.54) is 17.8 Å². The molecule has 0 spiro atoms. The smallest absolute Gasteiger partial charge is 0.337 e. The minimum atomic E-state index is -0.950. The molecule has 4 heteroatoms. The minimum absolute atomic E-state index is 0.248. The Kier molecular flexibility index (Phi) is 3.51. The van der Waals surface area contributed by atoms with Gasteiger partial charge in [0.05, 0.1) is 17.4 Å². The van der Waals surface area contributed by atoms with Crippen LogP contribution in [0.25, 0.3) is 0 Å². The van der Waals surface area contributed by atoms with Gasteiger partial charge in [-0.15, -0.1) is 0 Å². The third kappa shape index (κ3) is 2.57. The van der Waals surface area contributed by atoms with Crippen LogP contribution in [-0.4, -0.2) is 23.1 Å². The first kappa shape index (κ1) is 13.1. The van der Waals surface area contributed by atoms with E-state index < -0.39 is 5.97 Å². The lowest BCUT2D eigenvalue weighted by Gasteiger charge is -2.23. The van der Waals surface area contributed by atoms with Gasteiger partial charge in [-0.2, -0.15) is 0 Å². The van der Waals surface area contributed by atoms with Crippen molar-refractivity contribution in [2.75, 3.05) is 11.9 Å². The highest BCUT2D eigenvalue weighted by Gasteiger charge is 2.15. The molecule has 0 saturated carbocycles. The van der Waals surface area contributed by atoms with E-state index in [0.717, 1.165) is 11.3 Å². The summed E-state index contributed by atoms with van der Waals surface area (Å²) in [5.74, 6) is -0.950. The number of anilines is 2. The molecular weight excluding hydrogens is 240 g/mol. The fraction of sp³-hybridized carbons (Fsp3) is 0.200. The predicted molar refractivity (Wildman–Crippen MR) is 75.2 cm³/mol. The van der Waals surface area contributed by atoms with Gasteiger partial charge in [-0.3, -0.25) is 4.98 Å². The van der Waals surface area contributed by atoms with Gasteiger partial charge >= 0.3 is 5.97 Å². The molecule has 0 aliphatic carbocycles. The number of carboxylic acids is 1. The summed E-state index contributed by atoms with van der Waals surface area (Å²) in [7, 11) is 1.85. The molecule has 1 N–H and O–H groups in total. The van der Waals surface area contributed by atoms with Crippen LogP contribution in [0.15, 0.2) is 36.7 Å². The Morgan fingerprint density at radius 2 is 1.95 bits per heavy atom. The Morgan fingerprint density at radius 3 is 2.58 bits per heavy atom. The summed E-state index contributed by atoms with van der Waals surface area (Å²) in [6.07, 6.45) is 3.06. The monoisotopic (exact) mass is 256 g/mol. The van der Waals surface area contributed by atoms with Gasteiger partial charge in [0.2, 0.25) is 0 Å². The number of aromatic nitrogens is 1. The minimum Gasteiger partial charge on any atom is -0.478 e. The van der Waals surface area contributed by atoms with E-state index in [9.17, 15) is 9.90 Å². The number of benzene rings is 1. The number of pyridine rings is 1. The van der Waals surface area contributed by atoms with E-state index in [4.69, 9.17) is 0 Å². The quantitative estimate of drug-likeness (QED) is 0.916. The van der Waals surface area contributed by atoms with Crippen molar-refractivity contribution in [3.63, 3.8) is 0 Å². The number of aryl methyl sites for hydroxylation is 2. The van der Waals surface area contributed by atoms with Gasteiger partial charge < -0.3 is 10.0 Å². The molecule has 4 nitrogen and oxygen atoms in total. The third-order valence-corrected chi connectivity index (χ3v) is 3.11. The Morgan fingerprint density at radius 1 is 1.21 bits per heavy atom. The molecule has 2 rings (SSSR count). The summed E-state index contributed by atoms with van der Waals surface area (Å²) in [4.78, 5) is 17.1. The first-order valence-electron chi connectivity index (χ1n) is 5.99. The maximum absolute atomic E-state index is 11.2. The first-order chi connectivity index (χ1) is 9.00. The fourth-order valence-electron chi connectivity index (χ4n) is 2.15. The number of hydrogen-bond acceptors (Lipinski definition) is 3. The van der Waals surface area contributed by atoms with Crippen molar-refractivity contribution in [2.24, 2.45) is 0 Å². The number of carboxylic acid groups (broad SMARTS) is 1. The number of nitrogens with zero attached hydrogens (tertiary/aromatic N) is 2. The van der Waals surface area contributed by atoms with Crippen molar-refractivity contribution in [1.29, 1.82) is 0 Å². The second-order valence-electron chi connectivity index (χ2n) is 4.55. The van der Waals surface area contributed by atoms with E-state index >= 15 is 0 Å². The van der Waals surface area contributed by atoms with Crippen LogP contribution in [0.4, 0.5) is 11.4 Å². The molecule has 0 unspecified atom stereocenters. The second kappa shape index (κ2) is 5.10. The molecular formula is C15H16N2O2. The van der Waals surface area contributed by atoms with E-state index in [1.807, 2.05) is 37.9 Å². The van der Waals surface area contributed by atoms with Crippen molar-refractivity contribution in [2.45, 2.75) is 13.8 Å². The average Bonchev–Trinajstić information content (AvgIpc) is 2.38. The van der Waals surface area contributed by atoms with Crippen LogP contribution < -0.4 is 4.90 Å². The SMILES string of the molecule is Cc1ccc(N(C)c2cnccc2C(=O)O)c(C)c1. The van der Waals surface area contributed by atoms with Crippen molar-refractivity contribution >= 4 is 17.3 Å². The van der Waals surface area contributed by atoms with Crippen LogP contribution in [0.5, 0.6) is 0 Å². The van der Waals surface area contributed by atoms with Crippen molar-refractivity contribution in [1.82, 2.24) is 4.98 Å². The highest BCUT2D eigenvalue weighted by molar-refractivity contribution is 5.95. The third-order valence-electron chi connectivity index (χ3n) is 3.11. The fourth-order valence-corrected chi connectivity index (χ4v) is 2.15. The largest absolute Gasteiger partial charge is 0.478 e. The molecule has 1 aromatic heterocycles. The van der Waals surface area contributed by atoms with Crippen LogP contribution in [0.3, 0.4) is 0 Å². The highest BCUT2D eigenvalue weighted by atomic mass is 16.4. The summed E-state index contributed by atoms with van der Waals surface area (Å²) in [6.45, 7) is 4.04. The van der Waals surface area contributed by atoms with E-state index in [0.29, 0.717) is 5.69 Å². The molecule has 0 atom stereocenters. The zero-order valence-corrected chi connectivity index (χ0v) is 11.2. The molecule has 19 heavy (non-hydrogen) atoms. The first-order valence-corrected chi connectivity index (χ1v) is 5.99. The topological polar surface area (TPSA) is 53.4 Å². The van der Waals surface area contributed by atoms with Crippen molar-refractivity contribution < 1.29 is 9.90 Å². The van der Waals surface area contributed by atoms with Gasteiger partial charge in [0, 0.05) is 18.9 Å². The van der Waals surface area contributed by atoms with Gasteiger partial charge in [0.25, 0.3) is 0 Å². The van der Waals surface area contributed by atoms with Gasteiger partial charge in [-0.1, -0.05) is 17.7 Å². The molecule has 0 bridgehead atoms. The Balaban J connectivity index is 2.50. The molecule has 0 radical (unpaired) electrons. The van der Waals surface area contributed by atoms with E-state index in [-0.39, 0.29) is 5.56 Å². The molecule has 2 aromatic rings. The van der Waals surface area contributed by atoms with Gasteiger partial charge in [0.15, 0.2) is 0 Å². The summed E-state index contributed by atoms with van der Waals surface area (Å²) in [6, 6.07) is 7.58. The highest BCUT2D eigenvalue weighted by Crippen LogP contribution is 2.29. The van der Waals surface area contributed by atoms with E-state index in [2.05, 4.69) is 11.1 Å².